The number of aromatic nitrogens is 1. The SMILES string of the molecule is Cc1nc(-c2ccccc2)sc1C(=O)OC1(C(N)=O)CCC(C(c2cccc(F)c2)N(C)C)CC1. The molecular formula is C27H30FN3O3S. The lowest BCUT2D eigenvalue weighted by Crippen LogP contribution is -2.51. The molecule has 0 spiro atoms. The predicted molar refractivity (Wildman–Crippen MR) is 134 cm³/mol. The van der Waals surface area contributed by atoms with E-state index in [1.54, 1.807) is 19.1 Å². The fraction of sp³-hybridized carbons (Fsp3) is 0.370. The molecule has 184 valence electrons. The first-order chi connectivity index (χ1) is 16.7. The van der Waals surface area contributed by atoms with Crippen molar-refractivity contribution in [3.63, 3.8) is 0 Å². The number of rotatable bonds is 7. The zero-order valence-electron chi connectivity index (χ0n) is 20.2. The van der Waals surface area contributed by atoms with Gasteiger partial charge in [0.15, 0.2) is 5.60 Å². The fourth-order valence-corrected chi connectivity index (χ4v) is 5.97. The highest BCUT2D eigenvalue weighted by atomic mass is 32.1. The van der Waals surface area contributed by atoms with Gasteiger partial charge in [0.05, 0.1) is 5.69 Å². The van der Waals surface area contributed by atoms with Crippen LogP contribution in [0.15, 0.2) is 54.6 Å². The molecule has 6 nitrogen and oxygen atoms in total. The summed E-state index contributed by atoms with van der Waals surface area (Å²) < 4.78 is 19.7. The quantitative estimate of drug-likeness (QED) is 0.459. The molecule has 8 heteroatoms. The van der Waals surface area contributed by atoms with Crippen LogP contribution >= 0.6 is 11.3 Å². The summed E-state index contributed by atoms with van der Waals surface area (Å²) in [6.07, 6.45) is 1.88. The standard InChI is InChI=1S/C27H30FN3O3S/c1-17-23(35-24(30-17)19-8-5-4-6-9-19)25(32)34-27(26(29)33)14-12-18(13-15-27)22(31(2)3)20-10-7-11-21(28)16-20/h4-11,16,18,22H,12-15H2,1-3H3,(H2,29,33). The second-order valence-electron chi connectivity index (χ2n) is 9.35. The highest BCUT2D eigenvalue weighted by molar-refractivity contribution is 7.17. The summed E-state index contributed by atoms with van der Waals surface area (Å²) >= 11 is 1.25. The molecule has 1 aromatic heterocycles. The molecule has 0 saturated heterocycles. The minimum absolute atomic E-state index is 0.0237. The second kappa shape index (κ2) is 10.3. The number of nitrogens with zero attached hydrogens (tertiary/aromatic N) is 2. The van der Waals surface area contributed by atoms with E-state index < -0.39 is 17.5 Å². The molecule has 1 heterocycles. The van der Waals surface area contributed by atoms with Gasteiger partial charge in [0, 0.05) is 11.6 Å². The number of halogens is 1. The highest BCUT2D eigenvalue weighted by Gasteiger charge is 2.46. The van der Waals surface area contributed by atoms with E-state index in [1.165, 1.54) is 17.4 Å². The van der Waals surface area contributed by atoms with Gasteiger partial charge in [0.25, 0.3) is 5.91 Å². The Hall–Kier alpha value is -3.10. The first kappa shape index (κ1) is 25.0. The van der Waals surface area contributed by atoms with Crippen molar-refractivity contribution in [3.05, 3.63) is 76.5 Å². The first-order valence-corrected chi connectivity index (χ1v) is 12.5. The number of amides is 1. The zero-order chi connectivity index (χ0) is 25.2. The minimum atomic E-state index is -1.37. The van der Waals surface area contributed by atoms with Crippen molar-refractivity contribution in [2.45, 2.75) is 44.2 Å². The molecule has 1 saturated carbocycles. The van der Waals surface area contributed by atoms with Crippen molar-refractivity contribution in [1.29, 1.82) is 0 Å². The van der Waals surface area contributed by atoms with Crippen LogP contribution in [0.1, 0.15) is 52.7 Å². The maximum absolute atomic E-state index is 13.9. The van der Waals surface area contributed by atoms with E-state index in [9.17, 15) is 14.0 Å². The number of thiazole rings is 1. The molecule has 1 aliphatic rings. The summed E-state index contributed by atoms with van der Waals surface area (Å²) in [5, 5.41) is 0.718. The van der Waals surface area contributed by atoms with Crippen LogP contribution in [0.5, 0.6) is 0 Å². The van der Waals surface area contributed by atoms with Gasteiger partial charge in [-0.1, -0.05) is 42.5 Å². The number of hydrogen-bond donors (Lipinski definition) is 1. The Morgan fingerprint density at radius 3 is 2.43 bits per heavy atom. The van der Waals surface area contributed by atoms with Crippen molar-refractivity contribution in [1.82, 2.24) is 9.88 Å². The Morgan fingerprint density at radius 2 is 1.83 bits per heavy atom. The van der Waals surface area contributed by atoms with Gasteiger partial charge in [-0.25, -0.2) is 14.2 Å². The first-order valence-electron chi connectivity index (χ1n) is 11.7. The summed E-state index contributed by atoms with van der Waals surface area (Å²) in [5.41, 5.74) is 6.78. The molecule has 3 aromatic rings. The third kappa shape index (κ3) is 5.28. The number of carbonyl (C=O) groups is 2. The number of carbonyl (C=O) groups excluding carboxylic acids is 2. The normalized spacial score (nSPS) is 21.0. The third-order valence-corrected chi connectivity index (χ3v) is 7.96. The molecule has 1 unspecified atom stereocenters. The molecule has 2 aromatic carbocycles. The maximum atomic E-state index is 13.9. The van der Waals surface area contributed by atoms with Crippen LogP contribution in [-0.2, 0) is 9.53 Å². The molecule has 1 fully saturated rings. The predicted octanol–water partition coefficient (Wildman–Crippen LogP) is 5.13. The van der Waals surface area contributed by atoms with Crippen LogP contribution < -0.4 is 5.73 Å². The van der Waals surface area contributed by atoms with Crippen molar-refractivity contribution in [3.8, 4) is 10.6 Å². The smallest absolute Gasteiger partial charge is 0.351 e. The summed E-state index contributed by atoms with van der Waals surface area (Å²) in [6.45, 7) is 1.76. The summed E-state index contributed by atoms with van der Waals surface area (Å²) in [6, 6.07) is 16.2. The Morgan fingerprint density at radius 1 is 1.14 bits per heavy atom. The third-order valence-electron chi connectivity index (χ3n) is 6.77. The molecule has 1 aliphatic carbocycles. The van der Waals surface area contributed by atoms with E-state index in [0.29, 0.717) is 36.3 Å². The number of hydrogen-bond acceptors (Lipinski definition) is 6. The van der Waals surface area contributed by atoms with Gasteiger partial charge in [-0.2, -0.15) is 0 Å². The summed E-state index contributed by atoms with van der Waals surface area (Å²) in [5.74, 6) is -1.33. The van der Waals surface area contributed by atoms with Crippen LogP contribution in [-0.4, -0.2) is 41.5 Å². The largest absolute Gasteiger partial charge is 0.445 e. The summed E-state index contributed by atoms with van der Waals surface area (Å²) in [7, 11) is 3.92. The van der Waals surface area contributed by atoms with Gasteiger partial charge in [0.2, 0.25) is 0 Å². The summed E-state index contributed by atoms with van der Waals surface area (Å²) in [4.78, 5) is 32.7. The van der Waals surface area contributed by atoms with Gasteiger partial charge in [-0.05, 0) is 70.3 Å². The molecule has 2 N–H and O–H groups in total. The number of ether oxygens (including phenoxy) is 1. The van der Waals surface area contributed by atoms with Crippen LogP contribution in [0.4, 0.5) is 4.39 Å². The van der Waals surface area contributed by atoms with Crippen molar-refractivity contribution >= 4 is 23.2 Å². The van der Waals surface area contributed by atoms with Crippen LogP contribution in [0, 0.1) is 18.7 Å². The number of aryl methyl sites for hydroxylation is 1. The molecule has 1 amide bonds. The lowest BCUT2D eigenvalue weighted by Gasteiger charge is -2.41. The molecule has 1 atom stereocenters. The number of benzene rings is 2. The number of primary amides is 1. The van der Waals surface area contributed by atoms with Crippen molar-refractivity contribution in [2.75, 3.05) is 14.1 Å². The number of nitrogens with two attached hydrogens (primary N) is 1. The molecule has 0 radical (unpaired) electrons. The van der Waals surface area contributed by atoms with Gasteiger partial charge in [0.1, 0.15) is 15.7 Å². The highest BCUT2D eigenvalue weighted by Crippen LogP contribution is 2.43. The van der Waals surface area contributed by atoms with Gasteiger partial charge < -0.3 is 15.4 Å². The average Bonchev–Trinajstić information content (AvgIpc) is 3.22. The molecular weight excluding hydrogens is 465 g/mol. The number of esters is 1. The monoisotopic (exact) mass is 495 g/mol. The molecule has 4 rings (SSSR count). The topological polar surface area (TPSA) is 85.5 Å². The van der Waals surface area contributed by atoms with E-state index >= 15 is 0 Å². The Balaban J connectivity index is 1.51. The molecule has 35 heavy (non-hydrogen) atoms. The average molecular weight is 496 g/mol. The lowest BCUT2D eigenvalue weighted by molar-refractivity contribution is -0.142. The van der Waals surface area contributed by atoms with Crippen molar-refractivity contribution in [2.24, 2.45) is 11.7 Å². The van der Waals surface area contributed by atoms with E-state index in [2.05, 4.69) is 9.88 Å². The van der Waals surface area contributed by atoms with Gasteiger partial charge in [-0.15, -0.1) is 11.3 Å². The van der Waals surface area contributed by atoms with Gasteiger partial charge in [-0.3, -0.25) is 4.79 Å². The van der Waals surface area contributed by atoms with Crippen LogP contribution in [0.3, 0.4) is 0 Å². The minimum Gasteiger partial charge on any atom is -0.445 e. The Kier molecular flexibility index (Phi) is 7.33. The fourth-order valence-electron chi connectivity index (χ4n) is 5.02. The Labute approximate surface area is 208 Å². The van der Waals surface area contributed by atoms with Crippen LogP contribution in [0.25, 0.3) is 10.6 Å². The van der Waals surface area contributed by atoms with E-state index in [4.69, 9.17) is 10.5 Å². The maximum Gasteiger partial charge on any atom is 0.351 e. The van der Waals surface area contributed by atoms with Crippen LogP contribution in [0.2, 0.25) is 0 Å². The lowest BCUT2D eigenvalue weighted by atomic mass is 9.73. The molecule has 0 bridgehead atoms. The zero-order valence-corrected chi connectivity index (χ0v) is 21.0. The van der Waals surface area contributed by atoms with E-state index in [-0.39, 0.29) is 17.8 Å². The van der Waals surface area contributed by atoms with Gasteiger partial charge >= 0.3 is 5.97 Å². The van der Waals surface area contributed by atoms with E-state index in [0.717, 1.165) is 16.1 Å². The van der Waals surface area contributed by atoms with Crippen molar-refractivity contribution < 1.29 is 18.7 Å². The second-order valence-corrected chi connectivity index (χ2v) is 10.3. The molecule has 0 aliphatic heterocycles. The Bertz CT molecular complexity index is 1200. The van der Waals surface area contributed by atoms with E-state index in [1.807, 2.05) is 50.5 Å².